The minimum absolute atomic E-state index is 0.0593. The highest BCUT2D eigenvalue weighted by molar-refractivity contribution is 7.89. The number of sulfonamides is 1. The molecule has 0 aliphatic carbocycles. The Labute approximate surface area is 202 Å². The fraction of sp³-hybridized carbons (Fsp3) is 0.280. The van der Waals surface area contributed by atoms with E-state index >= 15 is 0 Å². The Morgan fingerprint density at radius 2 is 1.83 bits per heavy atom. The zero-order valence-electron chi connectivity index (χ0n) is 19.2. The minimum atomic E-state index is -4.88. The molecule has 6 nitrogen and oxygen atoms in total. The van der Waals surface area contributed by atoms with Crippen LogP contribution in [0, 0.1) is 6.92 Å². The van der Waals surface area contributed by atoms with Crippen molar-refractivity contribution in [2.24, 2.45) is 0 Å². The molecule has 3 aromatic rings. The van der Waals surface area contributed by atoms with E-state index in [9.17, 15) is 26.4 Å². The highest BCUT2D eigenvalue weighted by Gasteiger charge is 2.40. The van der Waals surface area contributed by atoms with E-state index < -0.39 is 38.7 Å². The smallest absolute Gasteiger partial charge is 0.417 e. The van der Waals surface area contributed by atoms with Crippen LogP contribution in [-0.2, 0) is 21.0 Å². The Kier molecular flexibility index (Phi) is 7.97. The van der Waals surface area contributed by atoms with Crippen molar-refractivity contribution < 1.29 is 31.5 Å². The quantitative estimate of drug-likeness (QED) is 0.403. The molecule has 1 unspecified atom stereocenters. The normalized spacial score (nSPS) is 13.1. The lowest BCUT2D eigenvalue weighted by molar-refractivity contribution is -0.140. The second-order valence-corrected chi connectivity index (χ2v) is 9.96. The topological polar surface area (TPSA) is 87.6 Å². The van der Waals surface area contributed by atoms with Gasteiger partial charge in [-0.3, -0.25) is 9.78 Å². The molecule has 3 rings (SSSR count). The summed E-state index contributed by atoms with van der Waals surface area (Å²) in [6, 6.07) is 12.0. The molecular formula is C25H25F3N2O4S. The van der Waals surface area contributed by atoms with E-state index in [4.69, 9.17) is 5.11 Å². The number of halogens is 3. The van der Waals surface area contributed by atoms with Gasteiger partial charge in [0, 0.05) is 31.4 Å². The van der Waals surface area contributed by atoms with Crippen molar-refractivity contribution in [3.63, 3.8) is 0 Å². The molecule has 0 saturated carbocycles. The predicted octanol–water partition coefficient (Wildman–Crippen LogP) is 5.69. The number of aliphatic carboxylic acids is 1. The van der Waals surface area contributed by atoms with Crippen LogP contribution >= 0.6 is 0 Å². The van der Waals surface area contributed by atoms with Gasteiger partial charge in [-0.15, -0.1) is 0 Å². The molecule has 10 heteroatoms. The Hall–Kier alpha value is -3.24. The third-order valence-electron chi connectivity index (χ3n) is 5.68. The number of carboxylic acids is 1. The molecule has 0 radical (unpaired) electrons. The van der Waals surface area contributed by atoms with Gasteiger partial charge in [0.2, 0.25) is 10.0 Å². The summed E-state index contributed by atoms with van der Waals surface area (Å²) < 4.78 is 69.0. The summed E-state index contributed by atoms with van der Waals surface area (Å²) in [4.78, 5) is 14.2. The van der Waals surface area contributed by atoms with Gasteiger partial charge in [0.25, 0.3) is 0 Å². The first kappa shape index (κ1) is 26.4. The van der Waals surface area contributed by atoms with E-state index in [1.165, 1.54) is 6.07 Å². The standard InChI is InChI=1S/C25H25F3N2O4S/c1-17-16-29-13-12-21(17)20-8-5-7-19(15-20)18(2)30(14-6-11-24(31)32)35(33,34)23-10-4-3-9-22(23)25(26,27)28/h3-5,7-10,12-13,15-16,18H,6,11,14H2,1-2H3,(H,31,32). The van der Waals surface area contributed by atoms with Crippen LogP contribution in [-0.4, -0.2) is 35.3 Å². The number of nitrogens with zero attached hydrogens (tertiary/aromatic N) is 2. The molecule has 0 aliphatic rings. The highest BCUT2D eigenvalue weighted by Crippen LogP contribution is 2.38. The molecule has 1 N–H and O–H groups in total. The molecular weight excluding hydrogens is 481 g/mol. The molecule has 0 bridgehead atoms. The third kappa shape index (κ3) is 6.07. The molecule has 0 fully saturated rings. The number of hydrogen-bond acceptors (Lipinski definition) is 4. The molecule has 1 atom stereocenters. The number of aryl methyl sites for hydroxylation is 1. The highest BCUT2D eigenvalue weighted by atomic mass is 32.2. The van der Waals surface area contributed by atoms with E-state index in [-0.39, 0.29) is 19.4 Å². The fourth-order valence-electron chi connectivity index (χ4n) is 3.89. The first-order valence-corrected chi connectivity index (χ1v) is 12.3. The number of pyridine rings is 1. The summed E-state index contributed by atoms with van der Waals surface area (Å²) in [7, 11) is -4.64. The van der Waals surface area contributed by atoms with Crippen LogP contribution in [0.15, 0.2) is 71.9 Å². The van der Waals surface area contributed by atoms with Crippen molar-refractivity contribution in [3.05, 3.63) is 83.7 Å². The number of alkyl halides is 3. The van der Waals surface area contributed by atoms with Crippen LogP contribution in [0.3, 0.4) is 0 Å². The molecule has 1 heterocycles. The van der Waals surface area contributed by atoms with Gasteiger partial charge < -0.3 is 5.11 Å². The summed E-state index contributed by atoms with van der Waals surface area (Å²) in [5.41, 5.74) is 1.88. The van der Waals surface area contributed by atoms with Crippen molar-refractivity contribution in [1.82, 2.24) is 9.29 Å². The van der Waals surface area contributed by atoms with Crippen LogP contribution < -0.4 is 0 Å². The largest absolute Gasteiger partial charge is 0.481 e. The van der Waals surface area contributed by atoms with E-state index in [1.54, 1.807) is 37.5 Å². The summed E-state index contributed by atoms with van der Waals surface area (Å²) in [6.07, 6.45) is -1.93. The maximum absolute atomic E-state index is 13.6. The second kappa shape index (κ2) is 10.6. The number of rotatable bonds is 9. The minimum Gasteiger partial charge on any atom is -0.481 e. The van der Waals surface area contributed by atoms with E-state index in [0.717, 1.165) is 39.2 Å². The van der Waals surface area contributed by atoms with Gasteiger partial charge >= 0.3 is 12.1 Å². The van der Waals surface area contributed by atoms with Crippen LogP contribution in [0.5, 0.6) is 0 Å². The van der Waals surface area contributed by atoms with E-state index in [1.807, 2.05) is 19.1 Å². The van der Waals surface area contributed by atoms with Gasteiger partial charge in [0.15, 0.2) is 0 Å². The Morgan fingerprint density at radius 1 is 1.11 bits per heavy atom. The summed E-state index contributed by atoms with van der Waals surface area (Å²) in [5.74, 6) is -1.12. The van der Waals surface area contributed by atoms with Crippen LogP contribution in [0.2, 0.25) is 0 Å². The number of carboxylic acid groups (broad SMARTS) is 1. The average molecular weight is 507 g/mol. The van der Waals surface area contributed by atoms with Crippen LogP contribution in [0.25, 0.3) is 11.1 Å². The monoisotopic (exact) mass is 506 g/mol. The first-order chi connectivity index (χ1) is 16.4. The Balaban J connectivity index is 2.08. The lowest BCUT2D eigenvalue weighted by atomic mass is 9.98. The molecule has 35 heavy (non-hydrogen) atoms. The zero-order valence-corrected chi connectivity index (χ0v) is 20.0. The third-order valence-corrected chi connectivity index (χ3v) is 7.71. The molecule has 0 saturated heterocycles. The molecule has 2 aromatic carbocycles. The molecule has 0 spiro atoms. The number of hydrogen-bond donors (Lipinski definition) is 1. The van der Waals surface area contributed by atoms with Crippen molar-refractivity contribution in [2.75, 3.05) is 6.54 Å². The van der Waals surface area contributed by atoms with Gasteiger partial charge in [-0.1, -0.05) is 30.3 Å². The first-order valence-electron chi connectivity index (χ1n) is 10.8. The van der Waals surface area contributed by atoms with Crippen molar-refractivity contribution in [1.29, 1.82) is 0 Å². The van der Waals surface area contributed by atoms with Crippen molar-refractivity contribution >= 4 is 16.0 Å². The van der Waals surface area contributed by atoms with Gasteiger partial charge in [-0.25, -0.2) is 8.42 Å². The van der Waals surface area contributed by atoms with Gasteiger partial charge in [0.1, 0.15) is 0 Å². The van der Waals surface area contributed by atoms with Crippen molar-refractivity contribution in [3.8, 4) is 11.1 Å². The van der Waals surface area contributed by atoms with Crippen LogP contribution in [0.1, 0.15) is 42.5 Å². The lowest BCUT2D eigenvalue weighted by Gasteiger charge is -2.30. The maximum atomic E-state index is 13.6. The summed E-state index contributed by atoms with van der Waals surface area (Å²) in [6.45, 7) is 3.20. The average Bonchev–Trinajstić information content (AvgIpc) is 2.81. The molecule has 0 aliphatic heterocycles. The van der Waals surface area contributed by atoms with E-state index in [0.29, 0.717) is 5.56 Å². The number of carbonyl (C=O) groups is 1. The van der Waals surface area contributed by atoms with Gasteiger partial charge in [0.05, 0.1) is 10.5 Å². The zero-order chi connectivity index (χ0) is 25.8. The lowest BCUT2D eigenvalue weighted by Crippen LogP contribution is -2.36. The SMILES string of the molecule is Cc1cnccc1-c1cccc(C(C)N(CCCC(=O)O)S(=O)(=O)c2ccccc2C(F)(F)F)c1. The van der Waals surface area contributed by atoms with Crippen molar-refractivity contribution in [2.45, 2.75) is 43.8 Å². The van der Waals surface area contributed by atoms with E-state index in [2.05, 4.69) is 4.98 Å². The summed E-state index contributed by atoms with van der Waals surface area (Å²) in [5, 5.41) is 9.02. The number of benzene rings is 2. The van der Waals surface area contributed by atoms with Gasteiger partial charge in [-0.05, 0) is 66.8 Å². The number of aromatic nitrogens is 1. The maximum Gasteiger partial charge on any atom is 0.417 e. The fourth-order valence-corrected chi connectivity index (χ4v) is 5.76. The Bertz CT molecular complexity index is 1310. The second-order valence-electron chi connectivity index (χ2n) is 8.10. The predicted molar refractivity (Wildman–Crippen MR) is 125 cm³/mol. The Morgan fingerprint density at radius 3 is 2.49 bits per heavy atom. The molecule has 186 valence electrons. The molecule has 1 aromatic heterocycles. The van der Waals surface area contributed by atoms with Crippen LogP contribution in [0.4, 0.5) is 13.2 Å². The van der Waals surface area contributed by atoms with Gasteiger partial charge in [-0.2, -0.15) is 17.5 Å². The molecule has 0 amide bonds. The summed E-state index contributed by atoms with van der Waals surface area (Å²) >= 11 is 0.